The number of amides is 1. The highest BCUT2D eigenvalue weighted by atomic mass is 35.5. The minimum absolute atomic E-state index is 0.0320. The molecular formula is C14H22ClN3OS. The quantitative estimate of drug-likeness (QED) is 0.783. The molecular weight excluding hydrogens is 294 g/mol. The smallest absolute Gasteiger partial charge is 0.254 e. The molecule has 1 rings (SSSR count). The van der Waals surface area contributed by atoms with E-state index in [9.17, 15) is 4.79 Å². The molecule has 20 heavy (non-hydrogen) atoms. The Hall–Kier alpha value is -0.940. The molecule has 0 fully saturated rings. The zero-order valence-corrected chi connectivity index (χ0v) is 14.0. The van der Waals surface area contributed by atoms with Crippen molar-refractivity contribution < 1.29 is 4.79 Å². The summed E-state index contributed by atoms with van der Waals surface area (Å²) in [4.78, 5) is 18.4. The fraction of sp³-hybridized carbons (Fsp3) is 0.571. The maximum Gasteiger partial charge on any atom is 0.254 e. The summed E-state index contributed by atoms with van der Waals surface area (Å²) < 4.78 is 0. The van der Waals surface area contributed by atoms with Crippen molar-refractivity contribution in [2.75, 3.05) is 30.9 Å². The van der Waals surface area contributed by atoms with Gasteiger partial charge < -0.3 is 10.2 Å². The van der Waals surface area contributed by atoms with E-state index in [4.69, 9.17) is 11.6 Å². The molecule has 1 N–H and O–H groups in total. The lowest BCUT2D eigenvalue weighted by Gasteiger charge is -2.24. The molecule has 1 atom stereocenters. The van der Waals surface area contributed by atoms with Crippen LogP contribution in [-0.2, 0) is 0 Å². The number of hydrogen-bond acceptors (Lipinski definition) is 4. The molecule has 0 aliphatic carbocycles. The van der Waals surface area contributed by atoms with Crippen molar-refractivity contribution in [1.29, 1.82) is 0 Å². The zero-order chi connectivity index (χ0) is 15.1. The predicted molar refractivity (Wildman–Crippen MR) is 88.0 cm³/mol. The van der Waals surface area contributed by atoms with Gasteiger partial charge in [0.1, 0.15) is 11.0 Å². The van der Waals surface area contributed by atoms with E-state index in [-0.39, 0.29) is 11.9 Å². The highest BCUT2D eigenvalue weighted by molar-refractivity contribution is 7.98. The van der Waals surface area contributed by atoms with E-state index >= 15 is 0 Å². The van der Waals surface area contributed by atoms with E-state index in [1.165, 1.54) is 0 Å². The third-order valence-corrected chi connectivity index (χ3v) is 4.00. The van der Waals surface area contributed by atoms with E-state index < -0.39 is 0 Å². The Labute approximate surface area is 130 Å². The number of carbonyl (C=O) groups excluding carboxylic acids is 1. The van der Waals surface area contributed by atoms with Crippen LogP contribution in [0.5, 0.6) is 0 Å². The molecule has 1 amide bonds. The maximum atomic E-state index is 12.4. The number of rotatable bonds is 7. The molecule has 1 aromatic rings. The normalized spacial score (nSPS) is 12.1. The van der Waals surface area contributed by atoms with Gasteiger partial charge in [-0.1, -0.05) is 18.5 Å². The molecule has 0 saturated carbocycles. The molecule has 0 radical (unpaired) electrons. The lowest BCUT2D eigenvalue weighted by Crippen LogP contribution is -2.36. The van der Waals surface area contributed by atoms with Crippen molar-refractivity contribution in [2.24, 2.45) is 0 Å². The summed E-state index contributed by atoms with van der Waals surface area (Å²) in [6, 6.07) is 3.55. The molecule has 0 aromatic carbocycles. The molecule has 4 nitrogen and oxygen atoms in total. The van der Waals surface area contributed by atoms with Crippen LogP contribution in [0, 0.1) is 0 Å². The predicted octanol–water partition coefficient (Wildman–Crippen LogP) is 3.38. The van der Waals surface area contributed by atoms with Crippen LogP contribution >= 0.6 is 23.4 Å². The zero-order valence-electron chi connectivity index (χ0n) is 12.4. The van der Waals surface area contributed by atoms with Gasteiger partial charge in [0.25, 0.3) is 5.91 Å². The number of aromatic nitrogens is 1. The Kier molecular flexibility index (Phi) is 7.16. The SMILES string of the molecule is CCCNc1cc(C(=O)N(C)C(C)CSC)cc(Cl)n1. The van der Waals surface area contributed by atoms with Crippen molar-refractivity contribution in [2.45, 2.75) is 26.3 Å². The Bertz CT molecular complexity index is 456. The summed E-state index contributed by atoms with van der Waals surface area (Å²) in [7, 11) is 1.82. The average molecular weight is 316 g/mol. The molecule has 6 heteroatoms. The van der Waals surface area contributed by atoms with Gasteiger partial charge in [-0.05, 0) is 31.7 Å². The molecule has 1 aromatic heterocycles. The first-order chi connectivity index (χ1) is 9.49. The van der Waals surface area contributed by atoms with E-state index in [2.05, 4.69) is 17.2 Å². The van der Waals surface area contributed by atoms with E-state index in [0.29, 0.717) is 16.5 Å². The Morgan fingerprint density at radius 1 is 1.55 bits per heavy atom. The van der Waals surface area contributed by atoms with Gasteiger partial charge >= 0.3 is 0 Å². The molecule has 0 aliphatic rings. The van der Waals surface area contributed by atoms with Gasteiger partial charge in [-0.25, -0.2) is 4.98 Å². The second-order valence-corrected chi connectivity index (χ2v) is 6.01. The Balaban J connectivity index is 2.89. The van der Waals surface area contributed by atoms with Crippen LogP contribution in [-0.4, -0.2) is 47.4 Å². The lowest BCUT2D eigenvalue weighted by molar-refractivity contribution is 0.0757. The summed E-state index contributed by atoms with van der Waals surface area (Å²) in [6.07, 6.45) is 3.02. The van der Waals surface area contributed by atoms with Crippen LogP contribution in [0.1, 0.15) is 30.6 Å². The first-order valence-corrected chi connectivity index (χ1v) is 8.44. The van der Waals surface area contributed by atoms with Crippen LogP contribution in [0.15, 0.2) is 12.1 Å². The molecule has 0 aliphatic heterocycles. The lowest BCUT2D eigenvalue weighted by atomic mass is 10.2. The third-order valence-electron chi connectivity index (χ3n) is 2.99. The summed E-state index contributed by atoms with van der Waals surface area (Å²) in [5.41, 5.74) is 0.569. The minimum atomic E-state index is -0.0320. The summed E-state index contributed by atoms with van der Waals surface area (Å²) in [5, 5.41) is 3.49. The number of anilines is 1. The van der Waals surface area contributed by atoms with Gasteiger partial charge in [0.2, 0.25) is 0 Å². The molecule has 0 bridgehead atoms. The number of carbonyl (C=O) groups is 1. The first kappa shape index (κ1) is 17.1. The van der Waals surface area contributed by atoms with Crippen molar-refractivity contribution >= 4 is 35.1 Å². The molecule has 0 saturated heterocycles. The number of nitrogens with one attached hydrogen (secondary N) is 1. The number of pyridine rings is 1. The van der Waals surface area contributed by atoms with Crippen LogP contribution in [0.25, 0.3) is 0 Å². The number of nitrogens with zero attached hydrogens (tertiary/aromatic N) is 2. The highest BCUT2D eigenvalue weighted by Gasteiger charge is 2.18. The van der Waals surface area contributed by atoms with E-state index in [1.54, 1.807) is 28.8 Å². The van der Waals surface area contributed by atoms with E-state index in [0.717, 1.165) is 18.7 Å². The number of hydrogen-bond donors (Lipinski definition) is 1. The van der Waals surface area contributed by atoms with Crippen molar-refractivity contribution in [3.63, 3.8) is 0 Å². The largest absolute Gasteiger partial charge is 0.370 e. The van der Waals surface area contributed by atoms with Gasteiger partial charge in [0.05, 0.1) is 0 Å². The molecule has 0 spiro atoms. The number of halogens is 1. The van der Waals surface area contributed by atoms with Crippen molar-refractivity contribution in [1.82, 2.24) is 9.88 Å². The Morgan fingerprint density at radius 3 is 2.85 bits per heavy atom. The van der Waals surface area contributed by atoms with E-state index in [1.807, 2.05) is 20.2 Å². The van der Waals surface area contributed by atoms with Crippen LogP contribution < -0.4 is 5.32 Å². The summed E-state index contributed by atoms with van der Waals surface area (Å²) >= 11 is 7.72. The van der Waals surface area contributed by atoms with Crippen molar-refractivity contribution in [3.8, 4) is 0 Å². The topological polar surface area (TPSA) is 45.2 Å². The van der Waals surface area contributed by atoms with Gasteiger partial charge in [-0.3, -0.25) is 4.79 Å². The minimum Gasteiger partial charge on any atom is -0.370 e. The van der Waals surface area contributed by atoms with Gasteiger partial charge in [-0.2, -0.15) is 11.8 Å². The third kappa shape index (κ3) is 4.87. The van der Waals surface area contributed by atoms with Crippen LogP contribution in [0.2, 0.25) is 5.15 Å². The summed E-state index contributed by atoms with van der Waals surface area (Å²) in [6.45, 7) is 4.91. The van der Waals surface area contributed by atoms with Crippen molar-refractivity contribution in [3.05, 3.63) is 22.8 Å². The second-order valence-electron chi connectivity index (χ2n) is 4.71. The highest BCUT2D eigenvalue weighted by Crippen LogP contribution is 2.17. The molecule has 1 heterocycles. The Morgan fingerprint density at radius 2 is 2.25 bits per heavy atom. The number of thioether (sulfide) groups is 1. The average Bonchev–Trinajstić information content (AvgIpc) is 2.43. The summed E-state index contributed by atoms with van der Waals surface area (Å²) in [5.74, 6) is 1.52. The van der Waals surface area contributed by atoms with Gasteiger partial charge in [-0.15, -0.1) is 0 Å². The van der Waals surface area contributed by atoms with Crippen LogP contribution in [0.3, 0.4) is 0 Å². The fourth-order valence-electron chi connectivity index (χ4n) is 1.72. The molecule has 1 unspecified atom stereocenters. The van der Waals surface area contributed by atoms with Crippen LogP contribution in [0.4, 0.5) is 5.82 Å². The van der Waals surface area contributed by atoms with Gasteiger partial charge in [0, 0.05) is 31.0 Å². The van der Waals surface area contributed by atoms with Gasteiger partial charge in [0.15, 0.2) is 0 Å². The first-order valence-electron chi connectivity index (χ1n) is 6.67. The monoisotopic (exact) mass is 315 g/mol. The fourth-order valence-corrected chi connectivity index (χ4v) is 2.64. The molecule has 112 valence electrons. The maximum absolute atomic E-state index is 12.4. The standard InChI is InChI=1S/C14H22ClN3OS/c1-5-6-16-13-8-11(7-12(15)17-13)14(19)18(3)10(2)9-20-4/h7-8,10H,5-6,9H2,1-4H3,(H,16,17). The second kappa shape index (κ2) is 8.37.